The normalized spacial score (nSPS) is 11.9. The molecule has 0 aliphatic heterocycles. The fourth-order valence-electron chi connectivity index (χ4n) is 1.96. The smallest absolute Gasteiger partial charge is 0.207 e. The third-order valence-corrected chi connectivity index (χ3v) is 3.57. The lowest BCUT2D eigenvalue weighted by atomic mass is 10.0. The Kier molecular flexibility index (Phi) is 4.00. The minimum Gasteiger partial charge on any atom is -0.310 e. The van der Waals surface area contributed by atoms with Crippen LogP contribution in [0.25, 0.3) is 10.9 Å². The summed E-state index contributed by atoms with van der Waals surface area (Å²) in [5, 5.41) is 8.44. The molecule has 0 spiro atoms. The van der Waals surface area contributed by atoms with E-state index in [1.165, 1.54) is 6.20 Å². The topological polar surface area (TPSA) is 46.9 Å². The lowest BCUT2D eigenvalue weighted by Gasteiger charge is -2.24. The van der Waals surface area contributed by atoms with Gasteiger partial charge in [-0.3, -0.25) is 9.48 Å². The number of hydrogen-bond acceptors (Lipinski definition) is 3. The number of benzene rings is 1. The summed E-state index contributed by atoms with van der Waals surface area (Å²) in [5.41, 5.74) is 1.01. The molecule has 1 N–H and O–H groups in total. The average molecular weight is 259 g/mol. The zero-order valence-corrected chi connectivity index (χ0v) is 11.8. The van der Waals surface area contributed by atoms with E-state index in [0.29, 0.717) is 0 Å². The van der Waals surface area contributed by atoms with E-state index < -0.39 is 0 Å². The number of aromatic nitrogens is 2. The van der Waals surface area contributed by atoms with Gasteiger partial charge in [0.15, 0.2) is 0 Å². The fraction of sp³-hybridized carbons (Fsp3) is 0.467. The Labute approximate surface area is 113 Å². The number of hydrogen-bond donors (Lipinski definition) is 1. The molecule has 0 fully saturated rings. The quantitative estimate of drug-likeness (QED) is 0.895. The second-order valence-corrected chi connectivity index (χ2v) is 5.41. The molecule has 0 atom stereocenters. The van der Waals surface area contributed by atoms with Crippen molar-refractivity contribution >= 4 is 10.9 Å². The van der Waals surface area contributed by atoms with Gasteiger partial charge in [-0.25, -0.2) is 0 Å². The SMILES string of the molecule is CCC(C)(C)NCCn1ncc(=O)c2ccccc21. The van der Waals surface area contributed by atoms with Crippen molar-refractivity contribution in [2.45, 2.75) is 39.3 Å². The van der Waals surface area contributed by atoms with Gasteiger partial charge in [0, 0.05) is 17.5 Å². The largest absolute Gasteiger partial charge is 0.310 e. The van der Waals surface area contributed by atoms with E-state index >= 15 is 0 Å². The zero-order chi connectivity index (χ0) is 13.9. The second kappa shape index (κ2) is 5.53. The Morgan fingerprint density at radius 2 is 2.05 bits per heavy atom. The molecule has 0 aliphatic rings. The first-order chi connectivity index (χ1) is 9.03. The molecule has 0 radical (unpaired) electrons. The molecule has 102 valence electrons. The van der Waals surface area contributed by atoms with Gasteiger partial charge in [-0.1, -0.05) is 19.1 Å². The first kappa shape index (κ1) is 13.7. The lowest BCUT2D eigenvalue weighted by molar-refractivity contribution is 0.364. The molecule has 0 bridgehead atoms. The molecule has 2 aromatic rings. The van der Waals surface area contributed by atoms with E-state index in [9.17, 15) is 4.79 Å². The second-order valence-electron chi connectivity index (χ2n) is 5.41. The molecule has 0 aliphatic carbocycles. The maximum Gasteiger partial charge on any atom is 0.207 e. The maximum absolute atomic E-state index is 11.7. The summed E-state index contributed by atoms with van der Waals surface area (Å²) >= 11 is 0. The lowest BCUT2D eigenvalue weighted by Crippen LogP contribution is -2.40. The Balaban J connectivity index is 2.18. The highest BCUT2D eigenvalue weighted by atomic mass is 16.1. The Hall–Kier alpha value is -1.68. The van der Waals surface area contributed by atoms with Crippen LogP contribution in [-0.4, -0.2) is 21.9 Å². The van der Waals surface area contributed by atoms with Crippen molar-refractivity contribution in [2.24, 2.45) is 0 Å². The average Bonchev–Trinajstić information content (AvgIpc) is 2.42. The van der Waals surface area contributed by atoms with Crippen molar-refractivity contribution in [1.29, 1.82) is 0 Å². The van der Waals surface area contributed by atoms with Crippen LogP contribution in [0.1, 0.15) is 27.2 Å². The minimum absolute atomic E-state index is 0.0197. The Bertz CT molecular complexity index is 616. The number of nitrogens with one attached hydrogen (secondary N) is 1. The number of nitrogens with zero attached hydrogens (tertiary/aromatic N) is 2. The van der Waals surface area contributed by atoms with Crippen LogP contribution >= 0.6 is 0 Å². The van der Waals surface area contributed by atoms with Crippen LogP contribution < -0.4 is 10.7 Å². The summed E-state index contributed by atoms with van der Waals surface area (Å²) < 4.78 is 1.88. The standard InChI is InChI=1S/C15H21N3O/c1-4-15(2,3)16-9-10-18-13-8-6-5-7-12(13)14(19)11-17-18/h5-8,11,16H,4,9-10H2,1-3H3. The highest BCUT2D eigenvalue weighted by Crippen LogP contribution is 2.09. The van der Waals surface area contributed by atoms with E-state index in [1.54, 1.807) is 0 Å². The summed E-state index contributed by atoms with van der Waals surface area (Å²) in [5.74, 6) is 0. The molecule has 0 unspecified atom stereocenters. The highest BCUT2D eigenvalue weighted by Gasteiger charge is 2.13. The third kappa shape index (κ3) is 3.20. The molecular weight excluding hydrogens is 238 g/mol. The van der Waals surface area contributed by atoms with Crippen molar-refractivity contribution in [3.8, 4) is 0 Å². The van der Waals surface area contributed by atoms with Crippen LogP contribution in [-0.2, 0) is 6.54 Å². The molecule has 4 nitrogen and oxygen atoms in total. The summed E-state index contributed by atoms with van der Waals surface area (Å²) in [6, 6.07) is 7.60. The van der Waals surface area contributed by atoms with Crippen molar-refractivity contribution in [3.05, 3.63) is 40.7 Å². The zero-order valence-electron chi connectivity index (χ0n) is 11.8. The van der Waals surface area contributed by atoms with Crippen LogP contribution in [0.15, 0.2) is 35.3 Å². The first-order valence-electron chi connectivity index (χ1n) is 6.73. The predicted molar refractivity (Wildman–Crippen MR) is 78.4 cm³/mol. The van der Waals surface area contributed by atoms with E-state index in [1.807, 2.05) is 28.9 Å². The molecule has 1 heterocycles. The molecule has 19 heavy (non-hydrogen) atoms. The predicted octanol–water partition coefficient (Wildman–Crippen LogP) is 2.17. The highest BCUT2D eigenvalue weighted by molar-refractivity contribution is 5.77. The van der Waals surface area contributed by atoms with Gasteiger partial charge in [0.1, 0.15) is 0 Å². The minimum atomic E-state index is -0.0197. The van der Waals surface area contributed by atoms with Gasteiger partial charge in [0.25, 0.3) is 0 Å². The molecule has 0 saturated heterocycles. The van der Waals surface area contributed by atoms with Gasteiger partial charge in [0.2, 0.25) is 5.43 Å². The van der Waals surface area contributed by atoms with Gasteiger partial charge in [-0.15, -0.1) is 0 Å². The molecule has 1 aromatic carbocycles. The van der Waals surface area contributed by atoms with Crippen LogP contribution in [0, 0.1) is 0 Å². The molecule has 0 amide bonds. The number of para-hydroxylation sites is 1. The molecular formula is C15H21N3O. The van der Waals surface area contributed by atoms with Crippen molar-refractivity contribution in [2.75, 3.05) is 6.54 Å². The Morgan fingerprint density at radius 1 is 1.32 bits per heavy atom. The summed E-state index contributed by atoms with van der Waals surface area (Å²) in [6.45, 7) is 8.12. The third-order valence-electron chi connectivity index (χ3n) is 3.57. The van der Waals surface area contributed by atoms with Crippen LogP contribution in [0.5, 0.6) is 0 Å². The summed E-state index contributed by atoms with van der Waals surface area (Å²) in [6.07, 6.45) is 2.47. The van der Waals surface area contributed by atoms with Crippen LogP contribution in [0.3, 0.4) is 0 Å². The van der Waals surface area contributed by atoms with Crippen molar-refractivity contribution in [1.82, 2.24) is 15.1 Å². The van der Waals surface area contributed by atoms with E-state index in [4.69, 9.17) is 0 Å². The van der Waals surface area contributed by atoms with Crippen molar-refractivity contribution < 1.29 is 0 Å². The van der Waals surface area contributed by atoms with E-state index in [-0.39, 0.29) is 11.0 Å². The molecule has 1 aromatic heterocycles. The summed E-state index contributed by atoms with van der Waals surface area (Å²) in [4.78, 5) is 11.7. The van der Waals surface area contributed by atoms with E-state index in [0.717, 1.165) is 30.4 Å². The van der Waals surface area contributed by atoms with Crippen LogP contribution in [0.2, 0.25) is 0 Å². The van der Waals surface area contributed by atoms with E-state index in [2.05, 4.69) is 31.2 Å². The summed E-state index contributed by atoms with van der Waals surface area (Å²) in [7, 11) is 0. The van der Waals surface area contributed by atoms with Crippen molar-refractivity contribution in [3.63, 3.8) is 0 Å². The van der Waals surface area contributed by atoms with Gasteiger partial charge >= 0.3 is 0 Å². The molecule has 0 saturated carbocycles. The first-order valence-corrected chi connectivity index (χ1v) is 6.73. The van der Waals surface area contributed by atoms with Crippen LogP contribution in [0.4, 0.5) is 0 Å². The van der Waals surface area contributed by atoms with Gasteiger partial charge in [-0.05, 0) is 32.4 Å². The monoisotopic (exact) mass is 259 g/mol. The number of rotatable bonds is 5. The fourth-order valence-corrected chi connectivity index (χ4v) is 1.96. The van der Waals surface area contributed by atoms with Gasteiger partial charge in [0.05, 0.1) is 18.3 Å². The molecule has 4 heteroatoms. The van der Waals surface area contributed by atoms with Gasteiger partial charge in [-0.2, -0.15) is 5.10 Å². The Morgan fingerprint density at radius 3 is 2.79 bits per heavy atom. The molecule has 2 rings (SSSR count). The number of fused-ring (bicyclic) bond motifs is 1. The maximum atomic E-state index is 11.7. The van der Waals surface area contributed by atoms with Gasteiger partial charge < -0.3 is 5.32 Å².